The van der Waals surface area contributed by atoms with Gasteiger partial charge in [0.25, 0.3) is 0 Å². The molecule has 0 radical (unpaired) electrons. The fourth-order valence-electron chi connectivity index (χ4n) is 3.95. The van der Waals surface area contributed by atoms with Crippen molar-refractivity contribution in [3.63, 3.8) is 0 Å². The summed E-state index contributed by atoms with van der Waals surface area (Å²) >= 11 is 0. The number of carbonyl (C=O) groups is 2. The highest BCUT2D eigenvalue weighted by Crippen LogP contribution is 2.31. The average molecular weight is 501 g/mol. The molecular formula is C28H37FN2O5. The predicted molar refractivity (Wildman–Crippen MR) is 135 cm³/mol. The van der Waals surface area contributed by atoms with Crippen molar-refractivity contribution >= 4 is 12.0 Å². The van der Waals surface area contributed by atoms with Crippen molar-refractivity contribution in [1.82, 2.24) is 10.2 Å². The number of hydrogen-bond donors (Lipinski definition) is 1. The molecule has 0 saturated carbocycles. The Hall–Kier alpha value is -3.29. The molecular weight excluding hydrogens is 463 g/mol. The van der Waals surface area contributed by atoms with Crippen molar-refractivity contribution in [3.8, 4) is 11.5 Å². The van der Waals surface area contributed by atoms with E-state index in [2.05, 4.69) is 5.32 Å². The lowest BCUT2D eigenvalue weighted by molar-refractivity contribution is -0.136. The second-order valence-electron chi connectivity index (χ2n) is 10.4. The van der Waals surface area contributed by atoms with Gasteiger partial charge in [0.1, 0.15) is 30.2 Å². The number of alkyl carbamates (subject to hydrolysis) is 1. The molecule has 1 fully saturated rings. The molecule has 0 bridgehead atoms. The molecule has 1 aliphatic rings. The second-order valence-corrected chi connectivity index (χ2v) is 10.4. The number of benzene rings is 2. The Labute approximate surface area is 212 Å². The Morgan fingerprint density at radius 2 is 1.72 bits per heavy atom. The van der Waals surface area contributed by atoms with E-state index >= 15 is 0 Å². The monoisotopic (exact) mass is 500 g/mol. The molecule has 2 aromatic carbocycles. The van der Waals surface area contributed by atoms with Crippen LogP contribution in [0.15, 0.2) is 48.5 Å². The number of nitrogens with zero attached hydrogens (tertiary/aromatic N) is 1. The maximum Gasteiger partial charge on any atom is 0.408 e. The van der Waals surface area contributed by atoms with Gasteiger partial charge in [0.2, 0.25) is 5.91 Å². The number of ether oxygens (including phenoxy) is 3. The maximum atomic E-state index is 13.9. The van der Waals surface area contributed by atoms with E-state index in [1.54, 1.807) is 31.7 Å². The summed E-state index contributed by atoms with van der Waals surface area (Å²) in [6.07, 6.45) is 0.471. The summed E-state index contributed by atoms with van der Waals surface area (Å²) in [5.41, 5.74) is 0.327. The van der Waals surface area contributed by atoms with Gasteiger partial charge in [-0.2, -0.15) is 0 Å². The number of likely N-dealkylation sites (tertiary alicyclic amines) is 1. The van der Waals surface area contributed by atoms with Crippen LogP contribution in [-0.4, -0.2) is 47.7 Å². The van der Waals surface area contributed by atoms with E-state index in [9.17, 15) is 14.0 Å². The summed E-state index contributed by atoms with van der Waals surface area (Å²) in [6, 6.07) is 13.2. The smallest absolute Gasteiger partial charge is 0.408 e. The third kappa shape index (κ3) is 8.14. The van der Waals surface area contributed by atoms with Gasteiger partial charge in [-0.15, -0.1) is 0 Å². The van der Waals surface area contributed by atoms with Crippen LogP contribution < -0.4 is 14.8 Å². The SMILES string of the molecule is CC(C)[C@H](NC(=O)OC(C)(C)C)C(=O)N1CCC(Oc2ccc(F)cc2OCc2ccccc2)CC1. The first-order valence-electron chi connectivity index (χ1n) is 12.4. The minimum absolute atomic E-state index is 0.0949. The summed E-state index contributed by atoms with van der Waals surface area (Å²) in [7, 11) is 0. The average Bonchev–Trinajstić information content (AvgIpc) is 2.82. The molecule has 1 aliphatic heterocycles. The van der Waals surface area contributed by atoms with E-state index in [4.69, 9.17) is 14.2 Å². The van der Waals surface area contributed by atoms with Crippen LogP contribution in [0.4, 0.5) is 9.18 Å². The van der Waals surface area contributed by atoms with E-state index in [0.29, 0.717) is 44.0 Å². The second kappa shape index (κ2) is 12.1. The first-order valence-corrected chi connectivity index (χ1v) is 12.4. The van der Waals surface area contributed by atoms with Gasteiger partial charge in [-0.3, -0.25) is 4.79 Å². The third-order valence-electron chi connectivity index (χ3n) is 5.80. The van der Waals surface area contributed by atoms with Crippen molar-refractivity contribution in [3.05, 3.63) is 59.9 Å². The summed E-state index contributed by atoms with van der Waals surface area (Å²) in [5, 5.41) is 2.73. The minimum Gasteiger partial charge on any atom is -0.486 e. The molecule has 8 heteroatoms. The first-order chi connectivity index (χ1) is 17.0. The van der Waals surface area contributed by atoms with Crippen molar-refractivity contribution in [2.24, 2.45) is 5.92 Å². The van der Waals surface area contributed by atoms with Gasteiger partial charge in [0.05, 0.1) is 0 Å². The van der Waals surface area contributed by atoms with Gasteiger partial charge >= 0.3 is 6.09 Å². The highest BCUT2D eigenvalue weighted by atomic mass is 19.1. The van der Waals surface area contributed by atoms with Gasteiger partial charge in [-0.05, 0) is 44.4 Å². The van der Waals surface area contributed by atoms with E-state index in [1.807, 2.05) is 44.2 Å². The zero-order valence-electron chi connectivity index (χ0n) is 21.8. The number of amides is 2. The lowest BCUT2D eigenvalue weighted by Gasteiger charge is -2.35. The van der Waals surface area contributed by atoms with Crippen LogP contribution in [0.5, 0.6) is 11.5 Å². The van der Waals surface area contributed by atoms with E-state index in [-0.39, 0.29) is 17.9 Å². The lowest BCUT2D eigenvalue weighted by Crippen LogP contribution is -2.54. The third-order valence-corrected chi connectivity index (χ3v) is 5.80. The van der Waals surface area contributed by atoms with Gasteiger partial charge in [-0.1, -0.05) is 44.2 Å². The fraction of sp³-hybridized carbons (Fsp3) is 0.500. The van der Waals surface area contributed by atoms with Crippen LogP contribution in [0.25, 0.3) is 0 Å². The highest BCUT2D eigenvalue weighted by molar-refractivity contribution is 5.86. The molecule has 36 heavy (non-hydrogen) atoms. The van der Waals surface area contributed by atoms with Crippen LogP contribution in [0.1, 0.15) is 53.0 Å². The number of rotatable bonds is 8. The predicted octanol–water partition coefficient (Wildman–Crippen LogP) is 5.32. The minimum atomic E-state index is -0.674. The van der Waals surface area contributed by atoms with Crippen LogP contribution in [0.2, 0.25) is 0 Å². The zero-order valence-corrected chi connectivity index (χ0v) is 21.8. The molecule has 7 nitrogen and oxygen atoms in total. The molecule has 0 spiro atoms. The molecule has 0 unspecified atom stereocenters. The van der Waals surface area contributed by atoms with Crippen molar-refractivity contribution in [2.45, 2.75) is 71.8 Å². The van der Waals surface area contributed by atoms with Crippen LogP contribution in [-0.2, 0) is 16.1 Å². The summed E-state index contributed by atoms with van der Waals surface area (Å²) in [6.45, 7) is 10.4. The summed E-state index contributed by atoms with van der Waals surface area (Å²) in [5.74, 6) is 0.191. The van der Waals surface area contributed by atoms with E-state index < -0.39 is 23.6 Å². The molecule has 0 aliphatic carbocycles. The Morgan fingerprint density at radius 3 is 2.33 bits per heavy atom. The summed E-state index contributed by atoms with van der Waals surface area (Å²) in [4.78, 5) is 27.2. The first kappa shape index (κ1) is 27.3. The van der Waals surface area contributed by atoms with Crippen molar-refractivity contribution in [2.75, 3.05) is 13.1 Å². The fourth-order valence-corrected chi connectivity index (χ4v) is 3.95. The molecule has 2 amide bonds. The van der Waals surface area contributed by atoms with Crippen LogP contribution in [0, 0.1) is 11.7 Å². The molecule has 1 N–H and O–H groups in total. The summed E-state index contributed by atoms with van der Waals surface area (Å²) < 4.78 is 31.2. The van der Waals surface area contributed by atoms with Crippen molar-refractivity contribution in [1.29, 1.82) is 0 Å². The number of halogens is 1. The highest BCUT2D eigenvalue weighted by Gasteiger charge is 2.33. The standard InChI is InChI=1S/C28H37FN2O5/c1-19(2)25(30-27(33)36-28(3,4)5)26(32)31-15-13-22(14-16-31)35-23-12-11-21(29)17-24(23)34-18-20-9-7-6-8-10-20/h6-12,17,19,22,25H,13-16,18H2,1-5H3,(H,30,33)/t25-/m0/s1. The molecule has 0 aromatic heterocycles. The Balaban J connectivity index is 1.57. The largest absolute Gasteiger partial charge is 0.486 e. The van der Waals surface area contributed by atoms with E-state index in [0.717, 1.165) is 5.56 Å². The topological polar surface area (TPSA) is 77.1 Å². The van der Waals surface area contributed by atoms with Crippen LogP contribution in [0.3, 0.4) is 0 Å². The van der Waals surface area contributed by atoms with Crippen LogP contribution >= 0.6 is 0 Å². The number of nitrogens with one attached hydrogen (secondary N) is 1. The Kier molecular flexibility index (Phi) is 9.18. The molecule has 1 saturated heterocycles. The molecule has 1 heterocycles. The molecule has 196 valence electrons. The number of hydrogen-bond acceptors (Lipinski definition) is 5. The molecule has 1 atom stereocenters. The molecule has 2 aromatic rings. The van der Waals surface area contributed by atoms with Gasteiger partial charge < -0.3 is 24.4 Å². The lowest BCUT2D eigenvalue weighted by atomic mass is 10.0. The van der Waals surface area contributed by atoms with Crippen molar-refractivity contribution < 1.29 is 28.2 Å². The number of carbonyl (C=O) groups excluding carboxylic acids is 2. The van der Waals surface area contributed by atoms with E-state index in [1.165, 1.54) is 12.1 Å². The zero-order chi connectivity index (χ0) is 26.3. The Bertz CT molecular complexity index is 1010. The van der Waals surface area contributed by atoms with Gasteiger partial charge in [0.15, 0.2) is 11.5 Å². The quantitative estimate of drug-likeness (QED) is 0.531. The van der Waals surface area contributed by atoms with Gasteiger partial charge in [0, 0.05) is 32.0 Å². The molecule has 3 rings (SSSR count). The maximum absolute atomic E-state index is 13.9. The Morgan fingerprint density at radius 1 is 1.06 bits per heavy atom. The normalized spacial score (nSPS) is 15.4. The van der Waals surface area contributed by atoms with Gasteiger partial charge in [-0.25, -0.2) is 9.18 Å². The number of piperidine rings is 1.